The van der Waals surface area contributed by atoms with E-state index in [4.69, 9.17) is 9.40 Å². The second kappa shape index (κ2) is 6.97. The van der Waals surface area contributed by atoms with Crippen molar-refractivity contribution in [3.05, 3.63) is 69.5 Å². The number of hydrogen-bond acceptors (Lipinski definition) is 6. The molecule has 0 amide bonds. The molecular weight excluding hydrogens is 368 g/mol. The highest BCUT2D eigenvalue weighted by molar-refractivity contribution is 5.65. The van der Waals surface area contributed by atoms with Crippen LogP contribution in [0.15, 0.2) is 40.0 Å². The molecule has 1 N–H and O–H groups in total. The van der Waals surface area contributed by atoms with E-state index >= 15 is 0 Å². The number of nitrogens with one attached hydrogen (secondary N) is 1. The lowest BCUT2D eigenvalue weighted by atomic mass is 10.1. The van der Waals surface area contributed by atoms with Crippen molar-refractivity contribution < 1.29 is 4.42 Å². The van der Waals surface area contributed by atoms with E-state index in [0.29, 0.717) is 18.6 Å². The number of hydrogen-bond donors (Lipinski definition) is 1. The molecule has 0 saturated carbocycles. The molecule has 1 aliphatic rings. The number of nitrogens with zero attached hydrogens (tertiary/aromatic N) is 5. The van der Waals surface area contributed by atoms with Crippen molar-refractivity contribution in [2.24, 2.45) is 0 Å². The van der Waals surface area contributed by atoms with Gasteiger partial charge in [-0.1, -0.05) is 6.92 Å². The van der Waals surface area contributed by atoms with Crippen LogP contribution in [0.5, 0.6) is 0 Å². The van der Waals surface area contributed by atoms with Crippen LogP contribution in [-0.2, 0) is 25.9 Å². The lowest BCUT2D eigenvalue weighted by molar-refractivity contribution is 0.240. The maximum absolute atomic E-state index is 13.0. The SMILES string of the molecule is CCc1ncc(CN2CCc3c(nc4cc(-c5ccoc5C)[nH]n4c3=O)C2)cn1. The smallest absolute Gasteiger partial charge is 0.276 e. The van der Waals surface area contributed by atoms with Gasteiger partial charge in [0.2, 0.25) is 0 Å². The Morgan fingerprint density at radius 1 is 1.28 bits per heavy atom. The first kappa shape index (κ1) is 17.8. The standard InChI is InChI=1S/C21H22N6O2/c1-3-19-22-9-14(10-23-19)11-26-6-4-16-18(12-26)24-20-8-17(25-27(20)21(16)28)15-5-7-29-13(15)2/h5,7-10,25H,3-4,6,11-12H2,1-2H3. The molecular formula is C21H22N6O2. The van der Waals surface area contributed by atoms with Gasteiger partial charge in [-0.3, -0.25) is 14.8 Å². The third-order valence-electron chi connectivity index (χ3n) is 5.48. The van der Waals surface area contributed by atoms with Crippen molar-refractivity contribution in [1.82, 2.24) is 29.5 Å². The average molecular weight is 390 g/mol. The third kappa shape index (κ3) is 3.15. The molecule has 0 unspecified atom stereocenters. The maximum Gasteiger partial charge on any atom is 0.276 e. The number of rotatable bonds is 4. The minimum Gasteiger partial charge on any atom is -0.469 e. The Kier molecular flexibility index (Phi) is 4.28. The van der Waals surface area contributed by atoms with Crippen LogP contribution in [0.4, 0.5) is 0 Å². The zero-order chi connectivity index (χ0) is 20.0. The van der Waals surface area contributed by atoms with Crippen LogP contribution in [0.3, 0.4) is 0 Å². The van der Waals surface area contributed by atoms with Crippen LogP contribution >= 0.6 is 0 Å². The van der Waals surface area contributed by atoms with Gasteiger partial charge in [-0.25, -0.2) is 19.5 Å². The lowest BCUT2D eigenvalue weighted by Gasteiger charge is -2.27. The zero-order valence-electron chi connectivity index (χ0n) is 16.5. The molecule has 4 aromatic heterocycles. The van der Waals surface area contributed by atoms with E-state index in [0.717, 1.165) is 59.2 Å². The summed E-state index contributed by atoms with van der Waals surface area (Å²) in [6.45, 7) is 6.14. The summed E-state index contributed by atoms with van der Waals surface area (Å²) in [5.74, 6) is 1.66. The Morgan fingerprint density at radius 3 is 2.83 bits per heavy atom. The van der Waals surface area contributed by atoms with Crippen LogP contribution in [0.1, 0.15) is 35.3 Å². The Labute approximate surface area is 167 Å². The number of aromatic nitrogens is 5. The molecule has 148 valence electrons. The number of aryl methyl sites for hydroxylation is 2. The Hall–Kier alpha value is -3.26. The van der Waals surface area contributed by atoms with Crippen molar-refractivity contribution in [1.29, 1.82) is 0 Å². The summed E-state index contributed by atoms with van der Waals surface area (Å²) in [6, 6.07) is 3.79. The van der Waals surface area contributed by atoms with Crippen molar-refractivity contribution in [2.45, 2.75) is 39.8 Å². The Balaban J connectivity index is 1.45. The van der Waals surface area contributed by atoms with Gasteiger partial charge in [-0.05, 0) is 19.4 Å². The van der Waals surface area contributed by atoms with Crippen molar-refractivity contribution >= 4 is 5.65 Å². The summed E-state index contributed by atoms with van der Waals surface area (Å²) in [5.41, 5.74) is 5.08. The molecule has 5 heterocycles. The largest absolute Gasteiger partial charge is 0.469 e. The normalized spacial score (nSPS) is 14.4. The first-order valence-corrected chi connectivity index (χ1v) is 9.82. The molecule has 1 aliphatic heterocycles. The van der Waals surface area contributed by atoms with Gasteiger partial charge >= 0.3 is 0 Å². The minimum atomic E-state index is -0.0207. The van der Waals surface area contributed by atoms with Crippen LogP contribution in [0, 0.1) is 6.92 Å². The summed E-state index contributed by atoms with van der Waals surface area (Å²) in [6.07, 6.45) is 6.93. The highest BCUT2D eigenvalue weighted by Gasteiger charge is 2.23. The van der Waals surface area contributed by atoms with Crippen molar-refractivity contribution in [3.63, 3.8) is 0 Å². The van der Waals surface area contributed by atoms with E-state index in [1.54, 1.807) is 6.26 Å². The van der Waals surface area contributed by atoms with Gasteiger partial charge in [0.15, 0.2) is 5.65 Å². The van der Waals surface area contributed by atoms with E-state index in [2.05, 4.69) is 20.0 Å². The summed E-state index contributed by atoms with van der Waals surface area (Å²) >= 11 is 0. The Morgan fingerprint density at radius 2 is 2.10 bits per heavy atom. The van der Waals surface area contributed by atoms with Crippen LogP contribution in [0.25, 0.3) is 16.9 Å². The molecule has 0 radical (unpaired) electrons. The van der Waals surface area contributed by atoms with Gasteiger partial charge in [0.1, 0.15) is 11.6 Å². The predicted octanol–water partition coefficient (Wildman–Crippen LogP) is 2.50. The van der Waals surface area contributed by atoms with E-state index < -0.39 is 0 Å². The molecule has 0 atom stereocenters. The molecule has 29 heavy (non-hydrogen) atoms. The van der Waals surface area contributed by atoms with Gasteiger partial charge in [-0.15, -0.1) is 0 Å². The number of fused-ring (bicyclic) bond motifs is 2. The second-order valence-corrected chi connectivity index (χ2v) is 7.42. The highest BCUT2D eigenvalue weighted by Crippen LogP contribution is 2.24. The topological polar surface area (TPSA) is 92.3 Å². The maximum atomic E-state index is 13.0. The second-order valence-electron chi connectivity index (χ2n) is 7.42. The molecule has 8 heteroatoms. The van der Waals surface area contributed by atoms with Crippen LogP contribution in [-0.4, -0.2) is 36.0 Å². The van der Waals surface area contributed by atoms with Gasteiger partial charge in [-0.2, -0.15) is 0 Å². The van der Waals surface area contributed by atoms with Crippen molar-refractivity contribution in [2.75, 3.05) is 6.54 Å². The predicted molar refractivity (Wildman–Crippen MR) is 107 cm³/mol. The van der Waals surface area contributed by atoms with Gasteiger partial charge in [0.25, 0.3) is 5.56 Å². The summed E-state index contributed by atoms with van der Waals surface area (Å²) in [4.78, 5) is 28.8. The molecule has 0 aromatic carbocycles. The van der Waals surface area contributed by atoms with E-state index in [9.17, 15) is 4.79 Å². The monoisotopic (exact) mass is 390 g/mol. The van der Waals surface area contributed by atoms with Crippen molar-refractivity contribution in [3.8, 4) is 11.3 Å². The molecule has 0 spiro atoms. The highest BCUT2D eigenvalue weighted by atomic mass is 16.3. The summed E-state index contributed by atoms with van der Waals surface area (Å²) in [7, 11) is 0. The van der Waals surface area contributed by atoms with Gasteiger partial charge in [0, 0.05) is 61.2 Å². The van der Waals surface area contributed by atoms with Crippen LogP contribution in [0.2, 0.25) is 0 Å². The fourth-order valence-electron chi connectivity index (χ4n) is 3.89. The quantitative estimate of drug-likeness (QED) is 0.576. The molecule has 0 aliphatic carbocycles. The average Bonchev–Trinajstić information content (AvgIpc) is 3.34. The third-order valence-corrected chi connectivity index (χ3v) is 5.48. The first-order chi connectivity index (χ1) is 14.1. The summed E-state index contributed by atoms with van der Waals surface area (Å²) in [5, 5.41) is 3.17. The summed E-state index contributed by atoms with van der Waals surface area (Å²) < 4.78 is 6.92. The Bertz CT molecular complexity index is 1230. The number of H-pyrrole nitrogens is 1. The fourth-order valence-corrected chi connectivity index (χ4v) is 3.89. The number of furan rings is 1. The van der Waals surface area contributed by atoms with E-state index in [1.807, 2.05) is 38.4 Å². The number of aromatic amines is 1. The lowest BCUT2D eigenvalue weighted by Crippen LogP contribution is -2.36. The van der Waals surface area contributed by atoms with E-state index in [1.165, 1.54) is 4.52 Å². The minimum absolute atomic E-state index is 0.0207. The van der Waals surface area contributed by atoms with Crippen LogP contribution < -0.4 is 5.56 Å². The zero-order valence-corrected chi connectivity index (χ0v) is 16.5. The fraction of sp³-hybridized carbons (Fsp3) is 0.333. The molecule has 0 bridgehead atoms. The van der Waals surface area contributed by atoms with E-state index in [-0.39, 0.29) is 5.56 Å². The van der Waals surface area contributed by atoms with Gasteiger partial charge < -0.3 is 4.42 Å². The molecule has 4 aromatic rings. The molecule has 0 saturated heterocycles. The molecule has 0 fully saturated rings. The van der Waals surface area contributed by atoms with Gasteiger partial charge in [0.05, 0.1) is 17.7 Å². The first-order valence-electron chi connectivity index (χ1n) is 9.82. The molecule has 8 nitrogen and oxygen atoms in total. The molecule has 5 rings (SSSR count).